The summed E-state index contributed by atoms with van der Waals surface area (Å²) in [6.07, 6.45) is 51.6. The Kier molecular flexibility index (Phi) is 39.1. The fourth-order valence-corrected chi connectivity index (χ4v) is 9.13. The van der Waals surface area contributed by atoms with Crippen molar-refractivity contribution in [2.45, 2.75) is 275 Å². The molecule has 2 aliphatic heterocycles. The Hall–Kier alpha value is -1.89. The first-order chi connectivity index (χ1) is 33.2. The minimum absolute atomic E-state index is 0.0371. The average molecular weight is 959 g/mol. The number of carbonyl (C=O) groups excluding carboxylic acids is 1. The van der Waals surface area contributed by atoms with E-state index in [-0.39, 0.29) is 12.0 Å². The van der Waals surface area contributed by atoms with Gasteiger partial charge in [0.2, 0.25) is 5.91 Å². The molecular weight excluding hydrogens is 853 g/mol. The van der Waals surface area contributed by atoms with E-state index in [4.69, 9.17) is 18.9 Å². The molecule has 1 amide bonds. The first-order valence-electron chi connectivity index (χ1n) is 28.4. The third-order valence-electron chi connectivity index (χ3n) is 13.7. The number of nitrogens with zero attached hydrogens (tertiary/aromatic N) is 1. The van der Waals surface area contributed by atoms with Crippen molar-refractivity contribution in [3.63, 3.8) is 0 Å². The van der Waals surface area contributed by atoms with E-state index < -0.39 is 36.5 Å². The Labute approximate surface area is 417 Å². The van der Waals surface area contributed by atoms with Crippen molar-refractivity contribution in [1.29, 1.82) is 0 Å². The number of nitrogens with one attached hydrogen (secondary N) is 1. The summed E-state index contributed by atoms with van der Waals surface area (Å²) in [5.74, 6) is -0.372. The van der Waals surface area contributed by atoms with Crippen molar-refractivity contribution in [3.8, 4) is 0 Å². The molecule has 1 unspecified atom stereocenters. The molecule has 0 aliphatic carbocycles. The molecule has 0 spiro atoms. The second kappa shape index (κ2) is 42.8. The van der Waals surface area contributed by atoms with Crippen LogP contribution >= 0.6 is 0 Å². The zero-order valence-corrected chi connectivity index (χ0v) is 44.3. The maximum atomic E-state index is 12.3. The number of rotatable bonds is 45. The molecule has 2 rings (SSSR count). The van der Waals surface area contributed by atoms with Crippen LogP contribution < -0.4 is 5.32 Å². The standard InChI is InChI=1S/C58H106N2O8/c1-5-7-9-11-13-15-17-19-21-23-25-27-29-31-33-37-44-58(45-38-34-32-30-28-26-24-22-20-18-16-14-12-10-8-6-2)66-50-52(68-58)43-48-60(4)47-40-35-39-46-59-53(61)42-36-41-49-65-57-56(64)55(63)54(62)51(3)67-57/h13-16,19-22,51-52,54-57,62-64H,5-12,17-18,23-50H2,1-4H3,(H,59,61)/b15-13-,16-14-,21-19-,22-20-/t51-,52?,54+,55+,56-,57+/m0/s1. The first kappa shape index (κ1) is 62.2. The fourth-order valence-electron chi connectivity index (χ4n) is 9.13. The molecule has 0 aromatic rings. The lowest BCUT2D eigenvalue weighted by atomic mass is 9.98. The summed E-state index contributed by atoms with van der Waals surface area (Å²) < 4.78 is 24.5. The largest absolute Gasteiger partial charge is 0.388 e. The van der Waals surface area contributed by atoms with Crippen LogP contribution in [0.2, 0.25) is 0 Å². The minimum atomic E-state index is -1.31. The Bertz CT molecular complexity index is 1240. The van der Waals surface area contributed by atoms with Crippen molar-refractivity contribution in [2.75, 3.05) is 39.9 Å². The van der Waals surface area contributed by atoms with Crippen LogP contribution in [0, 0.1) is 0 Å². The van der Waals surface area contributed by atoms with E-state index in [1.165, 1.54) is 141 Å². The van der Waals surface area contributed by atoms with Crippen molar-refractivity contribution >= 4 is 5.91 Å². The average Bonchev–Trinajstić information content (AvgIpc) is 3.75. The quantitative estimate of drug-likeness (QED) is 0.0348. The van der Waals surface area contributed by atoms with Gasteiger partial charge in [-0.25, -0.2) is 0 Å². The van der Waals surface area contributed by atoms with E-state index >= 15 is 0 Å². The summed E-state index contributed by atoms with van der Waals surface area (Å²) >= 11 is 0. The van der Waals surface area contributed by atoms with Crippen LogP contribution in [0.5, 0.6) is 0 Å². The molecule has 0 aromatic carbocycles. The molecule has 10 nitrogen and oxygen atoms in total. The summed E-state index contributed by atoms with van der Waals surface area (Å²) in [7, 11) is 2.20. The van der Waals surface area contributed by atoms with Crippen molar-refractivity contribution in [1.82, 2.24) is 10.2 Å². The van der Waals surface area contributed by atoms with Crippen LogP contribution in [0.15, 0.2) is 48.6 Å². The molecule has 0 radical (unpaired) electrons. The van der Waals surface area contributed by atoms with Crippen molar-refractivity contribution in [2.24, 2.45) is 0 Å². The monoisotopic (exact) mass is 959 g/mol. The Morgan fingerprint density at radius 3 is 1.69 bits per heavy atom. The van der Waals surface area contributed by atoms with Crippen LogP contribution in [0.1, 0.15) is 233 Å². The predicted octanol–water partition coefficient (Wildman–Crippen LogP) is 13.1. The third-order valence-corrected chi connectivity index (χ3v) is 13.7. The van der Waals surface area contributed by atoms with E-state index in [0.29, 0.717) is 39.0 Å². The highest BCUT2D eigenvalue weighted by atomic mass is 16.7. The number of hydrogen-bond donors (Lipinski definition) is 4. The number of unbranched alkanes of at least 4 members (excludes halogenated alkanes) is 21. The first-order valence-corrected chi connectivity index (χ1v) is 28.4. The molecule has 2 aliphatic rings. The van der Waals surface area contributed by atoms with Gasteiger partial charge in [0.25, 0.3) is 0 Å². The molecule has 0 aromatic heterocycles. The fraction of sp³-hybridized carbons (Fsp3) is 0.845. The predicted molar refractivity (Wildman–Crippen MR) is 283 cm³/mol. The van der Waals surface area contributed by atoms with Gasteiger partial charge in [-0.15, -0.1) is 0 Å². The molecule has 0 bridgehead atoms. The van der Waals surface area contributed by atoms with Gasteiger partial charge in [-0.3, -0.25) is 4.79 Å². The number of aliphatic hydroxyl groups is 3. The van der Waals surface area contributed by atoms with Crippen LogP contribution in [0.3, 0.4) is 0 Å². The SMILES string of the molecule is CCCCC/C=C\C/C=C\CCCCCCCCC1(CCCCCCCC/C=C\C/C=C\CCCCC)OCC(CCN(C)CCCCCNC(=O)CCCCO[C@@H]2O[C@@H](C)[C@@H](O)[C@@H](O)[C@@H]2O)O1. The van der Waals surface area contributed by atoms with Gasteiger partial charge in [0.1, 0.15) is 18.3 Å². The van der Waals surface area contributed by atoms with Crippen LogP contribution in [0.4, 0.5) is 0 Å². The summed E-state index contributed by atoms with van der Waals surface area (Å²) in [5, 5.41) is 32.9. The number of carbonyl (C=O) groups is 1. The zero-order valence-electron chi connectivity index (χ0n) is 44.3. The molecule has 0 saturated carbocycles. The van der Waals surface area contributed by atoms with E-state index in [1.54, 1.807) is 6.92 Å². The lowest BCUT2D eigenvalue weighted by Gasteiger charge is -2.38. The third kappa shape index (κ3) is 32.2. The molecule has 2 saturated heterocycles. The van der Waals surface area contributed by atoms with Gasteiger partial charge in [0.05, 0.1) is 18.8 Å². The Morgan fingerprint density at radius 1 is 0.618 bits per heavy atom. The molecule has 10 heteroatoms. The van der Waals surface area contributed by atoms with Crippen molar-refractivity contribution < 1.29 is 39.1 Å². The summed E-state index contributed by atoms with van der Waals surface area (Å²) in [5.41, 5.74) is 0. The minimum Gasteiger partial charge on any atom is -0.388 e. The maximum Gasteiger partial charge on any atom is 0.219 e. The van der Waals surface area contributed by atoms with E-state index in [9.17, 15) is 20.1 Å². The van der Waals surface area contributed by atoms with Gasteiger partial charge in [0.15, 0.2) is 12.1 Å². The van der Waals surface area contributed by atoms with Gasteiger partial charge < -0.3 is 44.5 Å². The van der Waals surface area contributed by atoms with E-state index in [0.717, 1.165) is 64.5 Å². The van der Waals surface area contributed by atoms with Crippen molar-refractivity contribution in [3.05, 3.63) is 48.6 Å². The summed E-state index contributed by atoms with van der Waals surface area (Å²) in [6.45, 7) is 9.86. The Morgan fingerprint density at radius 2 is 1.13 bits per heavy atom. The number of hydrogen-bond acceptors (Lipinski definition) is 9. The molecule has 2 heterocycles. The molecule has 68 heavy (non-hydrogen) atoms. The number of allylic oxidation sites excluding steroid dienone is 8. The van der Waals surface area contributed by atoms with Crippen LogP contribution in [0.25, 0.3) is 0 Å². The van der Waals surface area contributed by atoms with E-state index in [2.05, 4.69) is 79.7 Å². The van der Waals surface area contributed by atoms with Gasteiger partial charge in [-0.1, -0.05) is 146 Å². The topological polar surface area (TPSA) is 130 Å². The van der Waals surface area contributed by atoms with E-state index in [1.807, 2.05) is 0 Å². The Balaban J connectivity index is 1.61. The number of ether oxygens (including phenoxy) is 4. The highest BCUT2D eigenvalue weighted by Crippen LogP contribution is 2.36. The molecule has 2 fully saturated rings. The molecular formula is C58H106N2O8. The molecule has 6 atom stereocenters. The lowest BCUT2D eigenvalue weighted by Crippen LogP contribution is -2.57. The van der Waals surface area contributed by atoms with Gasteiger partial charge in [-0.2, -0.15) is 0 Å². The maximum absolute atomic E-state index is 12.3. The highest BCUT2D eigenvalue weighted by Gasteiger charge is 2.42. The van der Waals surface area contributed by atoms with Gasteiger partial charge >= 0.3 is 0 Å². The van der Waals surface area contributed by atoms with Gasteiger partial charge in [0, 0.05) is 39.0 Å². The molecule has 4 N–H and O–H groups in total. The second-order valence-corrected chi connectivity index (χ2v) is 20.1. The second-order valence-electron chi connectivity index (χ2n) is 20.1. The van der Waals surface area contributed by atoms with Crippen LogP contribution in [-0.2, 0) is 23.7 Å². The number of amides is 1. The lowest BCUT2D eigenvalue weighted by molar-refractivity contribution is -0.293. The zero-order chi connectivity index (χ0) is 49.2. The van der Waals surface area contributed by atoms with Crippen LogP contribution in [-0.4, -0.2) is 109 Å². The normalized spacial score (nSPS) is 22.1. The summed E-state index contributed by atoms with van der Waals surface area (Å²) in [6, 6.07) is 0. The van der Waals surface area contributed by atoms with Gasteiger partial charge in [-0.05, 0) is 130 Å². The smallest absolute Gasteiger partial charge is 0.219 e. The summed E-state index contributed by atoms with van der Waals surface area (Å²) in [4.78, 5) is 14.8. The molecule has 396 valence electrons. The number of aliphatic hydroxyl groups excluding tert-OH is 3. The highest BCUT2D eigenvalue weighted by molar-refractivity contribution is 5.75.